The predicted molar refractivity (Wildman–Crippen MR) is 113 cm³/mol. The van der Waals surface area contributed by atoms with Gasteiger partial charge in [-0.25, -0.2) is 0 Å². The van der Waals surface area contributed by atoms with Gasteiger partial charge in [0.1, 0.15) is 0 Å². The van der Waals surface area contributed by atoms with E-state index in [9.17, 15) is 25.5 Å². The van der Waals surface area contributed by atoms with Gasteiger partial charge in [-0.2, -0.15) is 0 Å². The Kier molecular flexibility index (Phi) is 13.6. The van der Waals surface area contributed by atoms with Crippen molar-refractivity contribution in [1.82, 2.24) is 0 Å². The zero-order chi connectivity index (χ0) is 20.7. The number of hydrogen-bond acceptors (Lipinski definition) is 5. The van der Waals surface area contributed by atoms with Crippen molar-refractivity contribution in [3.8, 4) is 0 Å². The van der Waals surface area contributed by atoms with Gasteiger partial charge in [-0.1, -0.05) is 83.5 Å². The van der Waals surface area contributed by atoms with E-state index in [4.69, 9.17) is 0 Å². The summed E-state index contributed by atoms with van der Waals surface area (Å²) in [6, 6.07) is 0. The highest BCUT2D eigenvalue weighted by Gasteiger charge is 2.53. The van der Waals surface area contributed by atoms with Crippen LogP contribution in [0.4, 0.5) is 0 Å². The molecule has 0 saturated heterocycles. The second kappa shape index (κ2) is 14.7. The molecule has 5 N–H and O–H groups in total. The van der Waals surface area contributed by atoms with E-state index < -0.39 is 10.8 Å². The van der Waals surface area contributed by atoms with Crippen LogP contribution in [0.25, 0.3) is 0 Å². The van der Waals surface area contributed by atoms with Crippen molar-refractivity contribution >= 4 is 0 Å². The van der Waals surface area contributed by atoms with Crippen molar-refractivity contribution in [1.29, 1.82) is 0 Å². The summed E-state index contributed by atoms with van der Waals surface area (Å²) in [5, 5.41) is 51.2. The van der Waals surface area contributed by atoms with E-state index >= 15 is 0 Å². The summed E-state index contributed by atoms with van der Waals surface area (Å²) in [5.41, 5.74) is -2.05. The molecule has 0 spiro atoms. The highest BCUT2D eigenvalue weighted by molar-refractivity contribution is 5.01. The van der Waals surface area contributed by atoms with Crippen LogP contribution in [0.5, 0.6) is 0 Å². The summed E-state index contributed by atoms with van der Waals surface area (Å²) in [5.74, 6) is -0.333. The van der Waals surface area contributed by atoms with Crippen molar-refractivity contribution < 1.29 is 25.5 Å². The Morgan fingerprint density at radius 3 is 1.25 bits per heavy atom. The molecule has 1 aliphatic carbocycles. The predicted octanol–water partition coefficient (Wildman–Crippen LogP) is 3.40. The van der Waals surface area contributed by atoms with Gasteiger partial charge in [-0.15, -0.1) is 0 Å². The summed E-state index contributed by atoms with van der Waals surface area (Å²) in [6.45, 7) is -1.41. The maximum absolute atomic E-state index is 10.3. The Morgan fingerprint density at radius 2 is 0.893 bits per heavy atom. The largest absolute Gasteiger partial charge is 0.396 e. The zero-order valence-corrected chi connectivity index (χ0v) is 18.0. The minimum atomic E-state index is -1.07. The molecule has 1 aliphatic rings. The van der Waals surface area contributed by atoms with Crippen molar-refractivity contribution in [2.24, 2.45) is 16.7 Å². The molecule has 0 aromatic rings. The molecule has 1 fully saturated rings. The maximum Gasteiger partial charge on any atom is 0.0520 e. The second-order valence-electron chi connectivity index (χ2n) is 9.08. The average molecular weight is 403 g/mol. The molecule has 28 heavy (non-hydrogen) atoms. The Hall–Kier alpha value is -0.200. The van der Waals surface area contributed by atoms with Crippen molar-refractivity contribution in [2.75, 3.05) is 33.0 Å². The zero-order valence-electron chi connectivity index (χ0n) is 18.0. The number of hydrogen-bond donors (Lipinski definition) is 5. The summed E-state index contributed by atoms with van der Waals surface area (Å²) >= 11 is 0. The van der Waals surface area contributed by atoms with Crippen LogP contribution in [-0.2, 0) is 0 Å². The van der Waals surface area contributed by atoms with E-state index in [-0.39, 0.29) is 39.0 Å². The van der Waals surface area contributed by atoms with E-state index in [1.807, 2.05) is 0 Å². The molecular weight excluding hydrogens is 356 g/mol. The molecule has 0 heterocycles. The fourth-order valence-electron chi connectivity index (χ4n) is 5.19. The number of rotatable bonds is 5. The minimum Gasteiger partial charge on any atom is -0.396 e. The third-order valence-electron chi connectivity index (χ3n) is 7.44. The summed E-state index contributed by atoms with van der Waals surface area (Å²) in [6.07, 6.45) is 16.4. The van der Waals surface area contributed by atoms with Gasteiger partial charge in [0, 0.05) is 17.4 Å². The van der Waals surface area contributed by atoms with Gasteiger partial charge >= 0.3 is 0 Å². The number of aliphatic hydroxyl groups excluding tert-OH is 5. The fraction of sp³-hybridized carbons (Fsp3) is 1.00. The van der Waals surface area contributed by atoms with E-state index in [2.05, 4.69) is 0 Å². The Balaban J connectivity index is 2.95. The van der Waals surface area contributed by atoms with Gasteiger partial charge < -0.3 is 25.5 Å². The first kappa shape index (κ1) is 25.8. The molecule has 0 aliphatic heterocycles. The molecule has 1 saturated carbocycles. The van der Waals surface area contributed by atoms with E-state index in [1.54, 1.807) is 0 Å². The minimum absolute atomic E-state index is 0.150. The topological polar surface area (TPSA) is 101 Å². The van der Waals surface area contributed by atoms with Gasteiger partial charge in [0.15, 0.2) is 0 Å². The number of aliphatic hydroxyl groups is 5. The molecule has 0 bridgehead atoms. The lowest BCUT2D eigenvalue weighted by molar-refractivity contribution is -0.159. The van der Waals surface area contributed by atoms with Crippen molar-refractivity contribution in [3.05, 3.63) is 0 Å². The van der Waals surface area contributed by atoms with Crippen LogP contribution in [0.2, 0.25) is 0 Å². The van der Waals surface area contributed by atoms with E-state index in [1.165, 1.54) is 51.4 Å². The molecule has 1 unspecified atom stereocenters. The van der Waals surface area contributed by atoms with E-state index in [0.717, 1.165) is 32.1 Å². The molecule has 5 heteroatoms. The standard InChI is InChI=1S/C23H46O5/c24-16-21-14-12-10-8-6-4-2-1-3-5-7-9-11-13-15-22(17-25,18-26)23(21,19-27)20-28/h21,24-28H,1-20H2. The molecule has 0 radical (unpaired) electrons. The molecule has 1 rings (SSSR count). The molecular formula is C23H46O5. The lowest BCUT2D eigenvalue weighted by atomic mass is 9.55. The molecule has 0 aromatic heterocycles. The fourth-order valence-corrected chi connectivity index (χ4v) is 5.19. The Morgan fingerprint density at radius 1 is 0.500 bits per heavy atom. The van der Waals surface area contributed by atoms with Crippen LogP contribution in [0, 0.1) is 16.7 Å². The monoisotopic (exact) mass is 402 g/mol. The van der Waals surface area contributed by atoms with Crippen LogP contribution >= 0.6 is 0 Å². The first-order chi connectivity index (χ1) is 13.7. The van der Waals surface area contributed by atoms with Gasteiger partial charge in [0.2, 0.25) is 0 Å². The highest BCUT2D eigenvalue weighted by atomic mass is 16.3. The van der Waals surface area contributed by atoms with Crippen molar-refractivity contribution in [2.45, 2.75) is 96.3 Å². The van der Waals surface area contributed by atoms with Crippen LogP contribution in [0.3, 0.4) is 0 Å². The van der Waals surface area contributed by atoms with Crippen LogP contribution < -0.4 is 0 Å². The SMILES string of the molecule is OCC1CCCCCCCCCCCCCCCC(CO)(CO)C1(CO)CO. The third-order valence-corrected chi connectivity index (χ3v) is 7.44. The van der Waals surface area contributed by atoms with Crippen molar-refractivity contribution in [3.63, 3.8) is 0 Å². The molecule has 168 valence electrons. The van der Waals surface area contributed by atoms with Gasteiger partial charge in [-0.05, 0) is 18.8 Å². The average Bonchev–Trinajstić information content (AvgIpc) is 2.73. The third kappa shape index (κ3) is 6.94. The lowest BCUT2D eigenvalue weighted by Crippen LogP contribution is -2.57. The molecule has 5 nitrogen and oxygen atoms in total. The maximum atomic E-state index is 10.3. The first-order valence-electron chi connectivity index (χ1n) is 11.7. The second-order valence-corrected chi connectivity index (χ2v) is 9.08. The molecule has 1 atom stereocenters. The molecule has 0 aromatic carbocycles. The Bertz CT molecular complexity index is 366. The molecule has 0 amide bonds. The van der Waals surface area contributed by atoms with Crippen LogP contribution in [-0.4, -0.2) is 58.6 Å². The normalized spacial score (nSPS) is 26.2. The summed E-state index contributed by atoms with van der Waals surface area (Å²) in [4.78, 5) is 0. The first-order valence-corrected chi connectivity index (χ1v) is 11.7. The summed E-state index contributed by atoms with van der Waals surface area (Å²) < 4.78 is 0. The van der Waals surface area contributed by atoms with Gasteiger partial charge in [-0.3, -0.25) is 0 Å². The van der Waals surface area contributed by atoms with Crippen LogP contribution in [0.15, 0.2) is 0 Å². The smallest absolute Gasteiger partial charge is 0.0520 e. The quantitative estimate of drug-likeness (QED) is 0.485. The van der Waals surface area contributed by atoms with Crippen LogP contribution in [0.1, 0.15) is 96.3 Å². The highest BCUT2D eigenvalue weighted by Crippen LogP contribution is 2.49. The summed E-state index contributed by atoms with van der Waals surface area (Å²) in [7, 11) is 0. The van der Waals surface area contributed by atoms with E-state index in [0.29, 0.717) is 12.8 Å². The Labute approximate surface area is 172 Å². The lowest BCUT2D eigenvalue weighted by Gasteiger charge is -2.51. The van der Waals surface area contributed by atoms with Gasteiger partial charge in [0.05, 0.1) is 26.4 Å². The van der Waals surface area contributed by atoms with Gasteiger partial charge in [0.25, 0.3) is 0 Å².